The second-order valence-electron chi connectivity index (χ2n) is 6.93. The lowest BCUT2D eigenvalue weighted by molar-refractivity contribution is -0.145. The number of ketones is 2. The van der Waals surface area contributed by atoms with Gasteiger partial charge < -0.3 is 0 Å². The van der Waals surface area contributed by atoms with E-state index in [2.05, 4.69) is 51.2 Å². The van der Waals surface area contributed by atoms with E-state index in [-0.39, 0.29) is 28.8 Å². The summed E-state index contributed by atoms with van der Waals surface area (Å²) in [5, 5.41) is 0. The molecule has 0 N–H and O–H groups in total. The lowest BCUT2D eigenvalue weighted by Gasteiger charge is -2.39. The van der Waals surface area contributed by atoms with Gasteiger partial charge in [-0.3, -0.25) is 9.59 Å². The Labute approximate surface area is 134 Å². The van der Waals surface area contributed by atoms with Gasteiger partial charge >= 0.3 is 0 Å². The molecule has 2 atom stereocenters. The van der Waals surface area contributed by atoms with Crippen LogP contribution in [-0.4, -0.2) is 11.6 Å². The predicted molar refractivity (Wildman–Crippen MR) is 92.5 cm³/mol. The normalized spacial score (nSPS) is 27.2. The molecule has 0 radical (unpaired) electrons. The van der Waals surface area contributed by atoms with Crippen molar-refractivity contribution in [3.8, 4) is 0 Å². The maximum Gasteiger partial charge on any atom is 0.201 e. The molecule has 0 aliphatic heterocycles. The van der Waals surface area contributed by atoms with Gasteiger partial charge in [-0.25, -0.2) is 0 Å². The Balaban J connectivity index is 2.87. The first-order valence-corrected chi connectivity index (χ1v) is 7.92. The van der Waals surface area contributed by atoms with Crippen molar-refractivity contribution in [1.29, 1.82) is 0 Å². The van der Waals surface area contributed by atoms with E-state index in [4.69, 9.17) is 0 Å². The van der Waals surface area contributed by atoms with E-state index in [9.17, 15) is 9.59 Å². The summed E-state index contributed by atoms with van der Waals surface area (Å²) in [6, 6.07) is 0. The summed E-state index contributed by atoms with van der Waals surface area (Å²) in [4.78, 5) is 23.7. The van der Waals surface area contributed by atoms with E-state index in [1.165, 1.54) is 5.57 Å². The number of rotatable bonds is 4. The molecule has 2 heteroatoms. The molecule has 2 unspecified atom stereocenters. The Kier molecular flexibility index (Phi) is 6.28. The van der Waals surface area contributed by atoms with Crippen LogP contribution < -0.4 is 0 Å². The van der Waals surface area contributed by atoms with Gasteiger partial charge in [0.05, 0.1) is 0 Å². The molecule has 0 heterocycles. The van der Waals surface area contributed by atoms with E-state index in [0.29, 0.717) is 6.42 Å². The quantitative estimate of drug-likeness (QED) is 0.550. The minimum atomic E-state index is -0.235. The van der Waals surface area contributed by atoms with E-state index in [1.807, 2.05) is 26.8 Å². The summed E-state index contributed by atoms with van der Waals surface area (Å²) in [6.45, 7) is 12.1. The molecule has 1 aliphatic carbocycles. The Morgan fingerprint density at radius 3 is 2.36 bits per heavy atom. The smallest absolute Gasteiger partial charge is 0.201 e. The molecule has 1 rings (SSSR count). The molecule has 1 saturated carbocycles. The average Bonchev–Trinajstić information content (AvgIpc) is 2.43. The number of hydrogen-bond donors (Lipinski definition) is 0. The average molecular weight is 300 g/mol. The highest BCUT2D eigenvalue weighted by Crippen LogP contribution is 2.41. The predicted octanol–water partition coefficient (Wildman–Crippen LogP) is 4.83. The lowest BCUT2D eigenvalue weighted by atomic mass is 9.63. The van der Waals surface area contributed by atoms with Gasteiger partial charge in [0, 0.05) is 12.3 Å². The van der Waals surface area contributed by atoms with Crippen LogP contribution in [0.5, 0.6) is 0 Å². The number of carbonyl (C=O) groups excluding carboxylic acids is 2. The van der Waals surface area contributed by atoms with Crippen LogP contribution in [0.1, 0.15) is 48.0 Å². The van der Waals surface area contributed by atoms with Gasteiger partial charge in [0.1, 0.15) is 0 Å². The van der Waals surface area contributed by atoms with Crippen molar-refractivity contribution in [2.45, 2.75) is 48.0 Å². The van der Waals surface area contributed by atoms with Gasteiger partial charge in [-0.05, 0) is 32.1 Å². The van der Waals surface area contributed by atoms with Crippen LogP contribution in [0.2, 0.25) is 0 Å². The van der Waals surface area contributed by atoms with Crippen LogP contribution in [0.3, 0.4) is 0 Å². The molecule has 0 aromatic carbocycles. The first-order valence-electron chi connectivity index (χ1n) is 7.92. The minimum Gasteiger partial charge on any atom is -0.291 e. The fraction of sp³-hybridized carbons (Fsp3) is 0.500. The zero-order chi connectivity index (χ0) is 16.9. The molecule has 0 saturated heterocycles. The van der Waals surface area contributed by atoms with Gasteiger partial charge in [-0.2, -0.15) is 0 Å². The maximum atomic E-state index is 11.9. The molecular weight excluding hydrogens is 272 g/mol. The number of Topliss-reactive ketones (excluding diaryl/α,β-unsaturated/α-hetero) is 2. The van der Waals surface area contributed by atoms with Crippen molar-refractivity contribution in [1.82, 2.24) is 0 Å². The largest absolute Gasteiger partial charge is 0.291 e. The highest BCUT2D eigenvalue weighted by molar-refractivity contribution is 6.38. The third-order valence-electron chi connectivity index (χ3n) is 4.49. The molecule has 0 aromatic heterocycles. The molecule has 1 fully saturated rings. The summed E-state index contributed by atoms with van der Waals surface area (Å²) >= 11 is 0. The molecule has 1 aliphatic rings. The van der Waals surface area contributed by atoms with E-state index < -0.39 is 0 Å². The van der Waals surface area contributed by atoms with Gasteiger partial charge in [0.15, 0.2) is 5.78 Å². The first kappa shape index (κ1) is 18.3. The molecule has 22 heavy (non-hydrogen) atoms. The van der Waals surface area contributed by atoms with Crippen LogP contribution >= 0.6 is 0 Å². The van der Waals surface area contributed by atoms with Crippen LogP contribution in [0.25, 0.3) is 0 Å². The standard InChI is InChI=1S/C20H28O2/c1-7-14(2)9-8-10-15(3)11-12-17-16(4)19(22)18(21)13-20(17,5)6/h7-12,16-17H,13H2,1-6H3/b9-8+,12-11+,14-7?,15-10+. The topological polar surface area (TPSA) is 34.1 Å². The van der Waals surface area contributed by atoms with E-state index in [1.54, 1.807) is 0 Å². The minimum absolute atomic E-state index is 0.0994. The first-order chi connectivity index (χ1) is 10.2. The molecule has 0 amide bonds. The molecule has 2 nitrogen and oxygen atoms in total. The second kappa shape index (κ2) is 7.53. The van der Waals surface area contributed by atoms with Crippen LogP contribution in [-0.2, 0) is 9.59 Å². The summed E-state index contributed by atoms with van der Waals surface area (Å²) in [5.41, 5.74) is 2.19. The molecular formula is C20H28O2. The van der Waals surface area contributed by atoms with Crippen molar-refractivity contribution in [3.63, 3.8) is 0 Å². The molecule has 0 bridgehead atoms. The molecule has 0 aromatic rings. The van der Waals surface area contributed by atoms with Crippen LogP contribution in [0.4, 0.5) is 0 Å². The fourth-order valence-electron chi connectivity index (χ4n) is 2.90. The highest BCUT2D eigenvalue weighted by atomic mass is 16.2. The number of hydrogen-bond acceptors (Lipinski definition) is 2. The lowest BCUT2D eigenvalue weighted by Crippen LogP contribution is -2.43. The highest BCUT2D eigenvalue weighted by Gasteiger charge is 2.44. The maximum absolute atomic E-state index is 11.9. The second-order valence-corrected chi connectivity index (χ2v) is 6.93. The van der Waals surface area contributed by atoms with Crippen molar-refractivity contribution in [3.05, 3.63) is 47.6 Å². The van der Waals surface area contributed by atoms with Gasteiger partial charge in [-0.15, -0.1) is 0 Å². The van der Waals surface area contributed by atoms with Crippen molar-refractivity contribution in [2.24, 2.45) is 17.3 Å². The number of carbonyl (C=O) groups is 2. The Morgan fingerprint density at radius 2 is 1.77 bits per heavy atom. The molecule has 0 spiro atoms. The summed E-state index contributed by atoms with van der Waals surface area (Å²) in [5.74, 6) is -0.582. The Bertz CT molecular complexity index is 556. The summed E-state index contributed by atoms with van der Waals surface area (Å²) in [7, 11) is 0. The van der Waals surface area contributed by atoms with Crippen molar-refractivity contribution < 1.29 is 9.59 Å². The number of allylic oxidation sites excluding steroid dienone is 8. The van der Waals surface area contributed by atoms with E-state index in [0.717, 1.165) is 5.57 Å². The Morgan fingerprint density at radius 1 is 1.14 bits per heavy atom. The van der Waals surface area contributed by atoms with Gasteiger partial charge in [0.2, 0.25) is 5.78 Å². The van der Waals surface area contributed by atoms with Gasteiger partial charge in [0.25, 0.3) is 0 Å². The van der Waals surface area contributed by atoms with Gasteiger partial charge in [-0.1, -0.05) is 68.4 Å². The van der Waals surface area contributed by atoms with Crippen LogP contribution in [0, 0.1) is 17.3 Å². The molecule has 120 valence electrons. The van der Waals surface area contributed by atoms with Crippen molar-refractivity contribution in [2.75, 3.05) is 0 Å². The van der Waals surface area contributed by atoms with Crippen molar-refractivity contribution >= 4 is 11.6 Å². The zero-order valence-corrected chi connectivity index (χ0v) is 14.6. The zero-order valence-electron chi connectivity index (χ0n) is 14.6. The third-order valence-corrected chi connectivity index (χ3v) is 4.49. The van der Waals surface area contributed by atoms with Crippen LogP contribution in [0.15, 0.2) is 47.6 Å². The monoisotopic (exact) mass is 300 g/mol. The summed E-state index contributed by atoms with van der Waals surface area (Å²) < 4.78 is 0. The Hall–Kier alpha value is -1.70. The SMILES string of the molecule is CC=C(C)/C=C/C=C(C)/C=C/C1C(C)C(=O)C(=O)CC1(C)C. The summed E-state index contributed by atoms with van der Waals surface area (Å²) in [6.07, 6.45) is 12.7. The fourth-order valence-corrected chi connectivity index (χ4v) is 2.90. The third kappa shape index (κ3) is 4.66. The van der Waals surface area contributed by atoms with E-state index >= 15 is 0 Å².